The van der Waals surface area contributed by atoms with Crippen LogP contribution in [0.2, 0.25) is 0 Å². The minimum Gasteiger partial charge on any atom is -0.388 e. The number of para-hydroxylation sites is 1. The van der Waals surface area contributed by atoms with E-state index >= 15 is 0 Å². The normalized spacial score (nSPS) is 10.8. The summed E-state index contributed by atoms with van der Waals surface area (Å²) in [6.45, 7) is 2.18. The van der Waals surface area contributed by atoms with Gasteiger partial charge in [-0.2, -0.15) is 0 Å². The second-order valence-corrected chi connectivity index (χ2v) is 5.41. The van der Waals surface area contributed by atoms with Crippen molar-refractivity contribution in [3.05, 3.63) is 70.5 Å². The van der Waals surface area contributed by atoms with Crippen molar-refractivity contribution in [2.45, 2.75) is 19.8 Å². The second kappa shape index (κ2) is 6.06. The summed E-state index contributed by atoms with van der Waals surface area (Å²) < 4.78 is 2.11. The van der Waals surface area contributed by atoms with Crippen molar-refractivity contribution in [1.29, 1.82) is 0 Å². The number of benzene rings is 2. The largest absolute Gasteiger partial charge is 0.388 e. The van der Waals surface area contributed by atoms with Crippen molar-refractivity contribution in [1.82, 2.24) is 4.57 Å². The van der Waals surface area contributed by atoms with Crippen LogP contribution in [0.4, 0.5) is 5.69 Å². The first-order valence-electron chi connectivity index (χ1n) is 7.66. The molecule has 0 spiro atoms. The summed E-state index contributed by atoms with van der Waals surface area (Å²) in [5, 5.41) is 3.94. The lowest BCUT2D eigenvalue weighted by Crippen LogP contribution is -2.08. The van der Waals surface area contributed by atoms with Gasteiger partial charge >= 0.3 is 0 Å². The molecule has 0 bridgehead atoms. The van der Waals surface area contributed by atoms with E-state index in [2.05, 4.69) is 35.0 Å². The van der Waals surface area contributed by atoms with E-state index in [-0.39, 0.29) is 5.43 Å². The zero-order valence-corrected chi connectivity index (χ0v) is 13.0. The van der Waals surface area contributed by atoms with Gasteiger partial charge < -0.3 is 9.88 Å². The molecule has 22 heavy (non-hydrogen) atoms. The van der Waals surface area contributed by atoms with E-state index in [1.807, 2.05) is 37.5 Å². The van der Waals surface area contributed by atoms with Gasteiger partial charge in [0.05, 0.1) is 11.2 Å². The Bertz CT molecular complexity index is 865. The van der Waals surface area contributed by atoms with Crippen molar-refractivity contribution in [3.8, 4) is 5.69 Å². The molecule has 0 atom stereocenters. The van der Waals surface area contributed by atoms with E-state index in [1.165, 1.54) is 5.56 Å². The predicted molar refractivity (Wildman–Crippen MR) is 93.1 cm³/mol. The minimum atomic E-state index is 0.0636. The lowest BCUT2D eigenvalue weighted by atomic mass is 10.1. The molecule has 0 saturated carbocycles. The Hall–Kier alpha value is -2.55. The number of aromatic nitrogens is 1. The molecule has 0 amide bonds. The van der Waals surface area contributed by atoms with Gasteiger partial charge in [0.1, 0.15) is 0 Å². The highest BCUT2D eigenvalue weighted by molar-refractivity contribution is 5.81. The molecular weight excluding hydrogens is 272 g/mol. The first-order chi connectivity index (χ1) is 10.7. The van der Waals surface area contributed by atoms with Crippen LogP contribution in [-0.4, -0.2) is 11.6 Å². The number of hydrogen-bond donors (Lipinski definition) is 1. The van der Waals surface area contributed by atoms with E-state index in [0.29, 0.717) is 0 Å². The van der Waals surface area contributed by atoms with Crippen LogP contribution in [0, 0.1) is 0 Å². The van der Waals surface area contributed by atoms with Crippen molar-refractivity contribution >= 4 is 16.6 Å². The third-order valence-corrected chi connectivity index (χ3v) is 3.96. The summed E-state index contributed by atoms with van der Waals surface area (Å²) in [5.41, 5.74) is 4.49. The maximum atomic E-state index is 12.1. The van der Waals surface area contributed by atoms with Gasteiger partial charge in [-0.1, -0.05) is 31.5 Å². The molecule has 3 rings (SSSR count). The molecule has 3 aromatic rings. The Balaban J connectivity index is 2.31. The highest BCUT2D eigenvalue weighted by atomic mass is 16.1. The smallest absolute Gasteiger partial charge is 0.189 e. The SMILES string of the molecule is CCCc1ccc(NC)cc1-n1ccc(=O)c2ccccc21. The Labute approximate surface area is 130 Å². The maximum absolute atomic E-state index is 12.1. The van der Waals surface area contributed by atoms with Gasteiger partial charge in [-0.05, 0) is 36.2 Å². The van der Waals surface area contributed by atoms with Gasteiger partial charge in [0.25, 0.3) is 0 Å². The standard InChI is InChI=1S/C19H20N2O/c1-3-6-14-9-10-15(20-2)13-18(14)21-12-11-19(22)16-7-4-5-8-17(16)21/h4-5,7-13,20H,3,6H2,1-2H3. The molecule has 2 aromatic carbocycles. The lowest BCUT2D eigenvalue weighted by molar-refractivity contribution is 0.903. The number of fused-ring (bicyclic) bond motifs is 1. The molecule has 1 N–H and O–H groups in total. The van der Waals surface area contributed by atoms with Crippen LogP contribution in [0.15, 0.2) is 59.5 Å². The first-order valence-corrected chi connectivity index (χ1v) is 7.66. The van der Waals surface area contributed by atoms with Crippen molar-refractivity contribution in [2.24, 2.45) is 0 Å². The van der Waals surface area contributed by atoms with Crippen LogP contribution >= 0.6 is 0 Å². The molecule has 1 aromatic heterocycles. The number of hydrogen-bond acceptors (Lipinski definition) is 2. The number of pyridine rings is 1. The number of nitrogens with one attached hydrogen (secondary N) is 1. The van der Waals surface area contributed by atoms with Gasteiger partial charge in [-0.3, -0.25) is 4.79 Å². The zero-order chi connectivity index (χ0) is 15.5. The minimum absolute atomic E-state index is 0.0636. The van der Waals surface area contributed by atoms with Crippen molar-refractivity contribution < 1.29 is 0 Å². The van der Waals surface area contributed by atoms with Crippen LogP contribution in [0.5, 0.6) is 0 Å². The summed E-state index contributed by atoms with van der Waals surface area (Å²) in [6.07, 6.45) is 3.97. The molecule has 0 unspecified atom stereocenters. The van der Waals surface area contributed by atoms with Crippen LogP contribution in [0.3, 0.4) is 0 Å². The molecule has 0 aliphatic carbocycles. The Morgan fingerprint density at radius 2 is 1.91 bits per heavy atom. The lowest BCUT2D eigenvalue weighted by Gasteiger charge is -2.16. The van der Waals surface area contributed by atoms with Crippen molar-refractivity contribution in [3.63, 3.8) is 0 Å². The van der Waals surface area contributed by atoms with Gasteiger partial charge in [0.2, 0.25) is 0 Å². The fourth-order valence-corrected chi connectivity index (χ4v) is 2.84. The van der Waals surface area contributed by atoms with E-state index in [0.717, 1.165) is 35.1 Å². The molecular formula is C19H20N2O. The van der Waals surface area contributed by atoms with Gasteiger partial charge in [0, 0.05) is 30.4 Å². The number of nitrogens with zero attached hydrogens (tertiary/aromatic N) is 1. The fourth-order valence-electron chi connectivity index (χ4n) is 2.84. The molecule has 112 valence electrons. The zero-order valence-electron chi connectivity index (χ0n) is 13.0. The van der Waals surface area contributed by atoms with E-state index in [1.54, 1.807) is 6.07 Å². The monoisotopic (exact) mass is 292 g/mol. The number of aryl methyl sites for hydroxylation is 1. The van der Waals surface area contributed by atoms with Gasteiger partial charge in [-0.25, -0.2) is 0 Å². The molecule has 0 aliphatic heterocycles. The molecule has 0 aliphatic rings. The number of rotatable bonds is 4. The summed E-state index contributed by atoms with van der Waals surface area (Å²) in [4.78, 5) is 12.1. The van der Waals surface area contributed by atoms with E-state index in [9.17, 15) is 4.79 Å². The topological polar surface area (TPSA) is 34.0 Å². The third kappa shape index (κ3) is 2.50. The Kier molecular flexibility index (Phi) is 3.96. The molecule has 3 heteroatoms. The summed E-state index contributed by atoms with van der Waals surface area (Å²) in [7, 11) is 1.92. The molecule has 3 nitrogen and oxygen atoms in total. The van der Waals surface area contributed by atoms with E-state index in [4.69, 9.17) is 0 Å². The van der Waals surface area contributed by atoms with Crippen molar-refractivity contribution in [2.75, 3.05) is 12.4 Å². The van der Waals surface area contributed by atoms with Gasteiger partial charge in [-0.15, -0.1) is 0 Å². The number of anilines is 1. The fraction of sp³-hybridized carbons (Fsp3) is 0.211. The highest BCUT2D eigenvalue weighted by Crippen LogP contribution is 2.24. The third-order valence-electron chi connectivity index (χ3n) is 3.96. The highest BCUT2D eigenvalue weighted by Gasteiger charge is 2.09. The summed E-state index contributed by atoms with van der Waals surface area (Å²) in [6, 6.07) is 15.8. The van der Waals surface area contributed by atoms with Crippen LogP contribution in [0.25, 0.3) is 16.6 Å². The van der Waals surface area contributed by atoms with Gasteiger partial charge in [0.15, 0.2) is 5.43 Å². The van der Waals surface area contributed by atoms with Crippen LogP contribution < -0.4 is 10.7 Å². The average molecular weight is 292 g/mol. The maximum Gasteiger partial charge on any atom is 0.189 e. The molecule has 0 radical (unpaired) electrons. The summed E-state index contributed by atoms with van der Waals surface area (Å²) >= 11 is 0. The van der Waals surface area contributed by atoms with E-state index < -0.39 is 0 Å². The molecule has 0 fully saturated rings. The first kappa shape index (κ1) is 14.4. The summed E-state index contributed by atoms with van der Waals surface area (Å²) in [5.74, 6) is 0. The quantitative estimate of drug-likeness (QED) is 0.789. The van der Waals surface area contributed by atoms with Crippen LogP contribution in [0.1, 0.15) is 18.9 Å². The molecule has 0 saturated heterocycles. The van der Waals surface area contributed by atoms with Crippen LogP contribution in [-0.2, 0) is 6.42 Å². The predicted octanol–water partition coefficient (Wildman–Crippen LogP) is 3.98. The second-order valence-electron chi connectivity index (χ2n) is 5.41. The Morgan fingerprint density at radius 1 is 1.09 bits per heavy atom. The Morgan fingerprint density at radius 3 is 2.68 bits per heavy atom. The molecule has 1 heterocycles. The average Bonchev–Trinajstić information content (AvgIpc) is 2.56.